The molecule has 3 aromatic rings. The standard InChI is InChI=1S/C22H21NO6/c1-27-15-7-5-14(6-8-15)17-13-28-19-12-16(11-18(24)20(19)21(17)25)29-22(26)23-9-3-2-4-10-23/h5-8,11-13,24H,2-4,9-10H2,1H3. The van der Waals surface area contributed by atoms with Crippen molar-refractivity contribution in [3.63, 3.8) is 0 Å². The fourth-order valence-electron chi connectivity index (χ4n) is 3.48. The predicted molar refractivity (Wildman–Crippen MR) is 108 cm³/mol. The summed E-state index contributed by atoms with van der Waals surface area (Å²) in [6, 6.07) is 9.66. The minimum absolute atomic E-state index is 0.0380. The van der Waals surface area contributed by atoms with Gasteiger partial charge >= 0.3 is 6.09 Å². The summed E-state index contributed by atoms with van der Waals surface area (Å²) in [5, 5.41) is 10.5. The van der Waals surface area contributed by atoms with Crippen molar-refractivity contribution in [2.45, 2.75) is 19.3 Å². The Morgan fingerprint density at radius 2 is 1.79 bits per heavy atom. The fourth-order valence-corrected chi connectivity index (χ4v) is 3.48. The first-order valence-electron chi connectivity index (χ1n) is 9.46. The van der Waals surface area contributed by atoms with Crippen LogP contribution < -0.4 is 14.9 Å². The summed E-state index contributed by atoms with van der Waals surface area (Å²) >= 11 is 0. The van der Waals surface area contributed by atoms with Crippen LogP contribution in [0.2, 0.25) is 0 Å². The maximum atomic E-state index is 12.9. The molecular weight excluding hydrogens is 374 g/mol. The highest BCUT2D eigenvalue weighted by atomic mass is 16.6. The van der Waals surface area contributed by atoms with Gasteiger partial charge in [-0.15, -0.1) is 0 Å². The van der Waals surface area contributed by atoms with E-state index < -0.39 is 6.09 Å². The number of ether oxygens (including phenoxy) is 2. The molecule has 1 amide bonds. The van der Waals surface area contributed by atoms with Crippen LogP contribution in [-0.4, -0.2) is 36.3 Å². The van der Waals surface area contributed by atoms with Crippen LogP contribution in [0.25, 0.3) is 22.1 Å². The number of phenolic OH excluding ortho intramolecular Hbond substituents is 1. The van der Waals surface area contributed by atoms with Crippen LogP contribution in [0, 0.1) is 0 Å². The van der Waals surface area contributed by atoms with Crippen molar-refractivity contribution in [2.75, 3.05) is 20.2 Å². The van der Waals surface area contributed by atoms with Crippen LogP contribution in [-0.2, 0) is 0 Å². The third-order valence-electron chi connectivity index (χ3n) is 5.05. The number of fused-ring (bicyclic) bond motifs is 1. The third-order valence-corrected chi connectivity index (χ3v) is 5.05. The Morgan fingerprint density at radius 3 is 2.48 bits per heavy atom. The van der Waals surface area contributed by atoms with E-state index in [1.807, 2.05) is 0 Å². The van der Waals surface area contributed by atoms with Gasteiger partial charge in [-0.25, -0.2) is 4.79 Å². The number of hydrogen-bond acceptors (Lipinski definition) is 6. The van der Waals surface area contributed by atoms with Gasteiger partial charge in [-0.05, 0) is 37.0 Å². The van der Waals surface area contributed by atoms with Crippen molar-refractivity contribution in [3.8, 4) is 28.4 Å². The van der Waals surface area contributed by atoms with Gasteiger partial charge < -0.3 is 23.9 Å². The van der Waals surface area contributed by atoms with Crippen LogP contribution in [0.4, 0.5) is 4.79 Å². The number of aromatic hydroxyl groups is 1. The summed E-state index contributed by atoms with van der Waals surface area (Å²) < 4.78 is 16.1. The van der Waals surface area contributed by atoms with Gasteiger partial charge in [0.1, 0.15) is 34.5 Å². The molecule has 2 heterocycles. The number of amides is 1. The van der Waals surface area contributed by atoms with E-state index >= 15 is 0 Å². The highest BCUT2D eigenvalue weighted by molar-refractivity contribution is 5.88. The average molecular weight is 395 g/mol. The minimum Gasteiger partial charge on any atom is -0.507 e. The number of benzene rings is 2. The first-order valence-corrected chi connectivity index (χ1v) is 9.46. The zero-order chi connectivity index (χ0) is 20.4. The largest absolute Gasteiger partial charge is 0.507 e. The van der Waals surface area contributed by atoms with Gasteiger partial charge in [-0.2, -0.15) is 0 Å². The van der Waals surface area contributed by atoms with Crippen molar-refractivity contribution in [3.05, 3.63) is 52.9 Å². The predicted octanol–water partition coefficient (Wildman–Crippen LogP) is 4.16. The molecule has 0 unspecified atom stereocenters. The molecule has 29 heavy (non-hydrogen) atoms. The van der Waals surface area contributed by atoms with E-state index in [0.717, 1.165) is 19.3 Å². The maximum Gasteiger partial charge on any atom is 0.415 e. The molecule has 7 heteroatoms. The molecule has 0 radical (unpaired) electrons. The van der Waals surface area contributed by atoms with Gasteiger partial charge in [0, 0.05) is 25.2 Å². The summed E-state index contributed by atoms with van der Waals surface area (Å²) in [5.74, 6) is 0.501. The smallest absolute Gasteiger partial charge is 0.415 e. The lowest BCUT2D eigenvalue weighted by Crippen LogP contribution is -2.37. The summed E-state index contributed by atoms with van der Waals surface area (Å²) in [6.07, 6.45) is 3.85. The molecule has 1 aromatic heterocycles. The highest BCUT2D eigenvalue weighted by Gasteiger charge is 2.20. The lowest BCUT2D eigenvalue weighted by Gasteiger charge is -2.25. The maximum absolute atomic E-state index is 12.9. The quantitative estimate of drug-likeness (QED) is 0.716. The van der Waals surface area contributed by atoms with Crippen LogP contribution in [0.1, 0.15) is 19.3 Å². The van der Waals surface area contributed by atoms with E-state index in [0.29, 0.717) is 30.0 Å². The van der Waals surface area contributed by atoms with Crippen molar-refractivity contribution in [1.29, 1.82) is 0 Å². The molecule has 2 aromatic carbocycles. The summed E-state index contributed by atoms with van der Waals surface area (Å²) in [6.45, 7) is 1.30. The van der Waals surface area contributed by atoms with Crippen molar-refractivity contribution >= 4 is 17.1 Å². The van der Waals surface area contributed by atoms with Crippen molar-refractivity contribution in [2.24, 2.45) is 0 Å². The molecule has 7 nitrogen and oxygen atoms in total. The van der Waals surface area contributed by atoms with Gasteiger partial charge in [0.15, 0.2) is 0 Å². The lowest BCUT2D eigenvalue weighted by atomic mass is 10.0. The summed E-state index contributed by atoms with van der Waals surface area (Å²) in [5.41, 5.74) is 0.728. The third kappa shape index (κ3) is 3.76. The zero-order valence-electron chi connectivity index (χ0n) is 16.0. The Balaban J connectivity index is 1.66. The summed E-state index contributed by atoms with van der Waals surface area (Å²) in [4.78, 5) is 26.8. The normalized spacial score (nSPS) is 14.0. The van der Waals surface area contributed by atoms with Gasteiger partial charge in [-0.3, -0.25) is 4.79 Å². The number of carbonyl (C=O) groups is 1. The zero-order valence-corrected chi connectivity index (χ0v) is 16.0. The number of rotatable bonds is 3. The van der Waals surface area contributed by atoms with Crippen LogP contribution in [0.15, 0.2) is 51.9 Å². The monoisotopic (exact) mass is 395 g/mol. The molecule has 0 spiro atoms. The van der Waals surface area contributed by atoms with Crippen LogP contribution >= 0.6 is 0 Å². The van der Waals surface area contributed by atoms with E-state index in [9.17, 15) is 14.7 Å². The van der Waals surface area contributed by atoms with Gasteiger partial charge in [0.2, 0.25) is 5.43 Å². The molecular formula is C22H21NO6. The van der Waals surface area contributed by atoms with Gasteiger partial charge in [-0.1, -0.05) is 12.1 Å². The molecule has 1 saturated heterocycles. The van der Waals surface area contributed by atoms with Gasteiger partial charge in [0.25, 0.3) is 0 Å². The van der Waals surface area contributed by atoms with Crippen LogP contribution in [0.5, 0.6) is 17.2 Å². The fraction of sp³-hybridized carbons (Fsp3) is 0.273. The van der Waals surface area contributed by atoms with Crippen molar-refractivity contribution in [1.82, 2.24) is 4.90 Å². The number of carbonyl (C=O) groups excluding carboxylic acids is 1. The second-order valence-electron chi connectivity index (χ2n) is 6.94. The molecule has 4 rings (SSSR count). The van der Waals surface area contributed by atoms with Crippen LogP contribution in [0.3, 0.4) is 0 Å². The first kappa shape index (κ1) is 18.9. The number of piperidine rings is 1. The Hall–Kier alpha value is -3.48. The molecule has 1 aliphatic heterocycles. The van der Waals surface area contributed by atoms with Gasteiger partial charge in [0.05, 0.1) is 12.7 Å². The number of methoxy groups -OCH3 is 1. The van der Waals surface area contributed by atoms with E-state index in [2.05, 4.69) is 0 Å². The molecule has 0 saturated carbocycles. The second kappa shape index (κ2) is 7.87. The molecule has 150 valence electrons. The Bertz CT molecular complexity index is 1100. The minimum atomic E-state index is -0.472. The first-order chi connectivity index (χ1) is 14.1. The van der Waals surface area contributed by atoms with Crippen molar-refractivity contribution < 1.29 is 23.8 Å². The highest BCUT2D eigenvalue weighted by Crippen LogP contribution is 2.31. The Kier molecular flexibility index (Phi) is 5.12. The number of phenols is 1. The lowest BCUT2D eigenvalue weighted by molar-refractivity contribution is 0.142. The van der Waals surface area contributed by atoms with E-state index in [1.54, 1.807) is 36.3 Å². The second-order valence-corrected chi connectivity index (χ2v) is 6.94. The number of hydrogen-bond donors (Lipinski definition) is 1. The Labute approximate surface area is 167 Å². The SMILES string of the molecule is COc1ccc(-c2coc3cc(OC(=O)N4CCCCC4)cc(O)c3c2=O)cc1. The number of likely N-dealkylation sites (tertiary alicyclic amines) is 1. The van der Waals surface area contributed by atoms with E-state index in [-0.39, 0.29) is 27.9 Å². The topological polar surface area (TPSA) is 89.2 Å². The van der Waals surface area contributed by atoms with E-state index in [1.165, 1.54) is 18.4 Å². The Morgan fingerprint density at radius 1 is 1.07 bits per heavy atom. The number of nitrogens with zero attached hydrogens (tertiary/aromatic N) is 1. The van der Waals surface area contributed by atoms with E-state index in [4.69, 9.17) is 13.9 Å². The molecule has 1 aliphatic rings. The molecule has 1 N–H and O–H groups in total. The molecule has 0 atom stereocenters. The summed E-state index contributed by atoms with van der Waals surface area (Å²) in [7, 11) is 1.56. The molecule has 0 aliphatic carbocycles. The molecule has 0 bridgehead atoms. The molecule has 1 fully saturated rings. The average Bonchev–Trinajstić information content (AvgIpc) is 2.74.